The molecule has 0 amide bonds. The van der Waals surface area contributed by atoms with E-state index in [0.717, 1.165) is 6.42 Å². The zero-order valence-electron chi connectivity index (χ0n) is 12.2. The van der Waals surface area contributed by atoms with Gasteiger partial charge in [-0.25, -0.2) is 0 Å². The minimum atomic E-state index is 0.343. The van der Waals surface area contributed by atoms with Gasteiger partial charge in [-0.2, -0.15) is 0 Å². The molecule has 1 aromatic heterocycles. The fraction of sp³-hybridized carbons (Fsp3) is 0.529. The molecule has 2 nitrogen and oxygen atoms in total. The van der Waals surface area contributed by atoms with E-state index in [2.05, 4.69) is 42.0 Å². The van der Waals surface area contributed by atoms with E-state index < -0.39 is 0 Å². The number of nitrogens with one attached hydrogen (secondary N) is 1. The van der Waals surface area contributed by atoms with E-state index in [-0.39, 0.29) is 0 Å². The van der Waals surface area contributed by atoms with Gasteiger partial charge in [-0.3, -0.25) is 11.3 Å². The van der Waals surface area contributed by atoms with Crippen molar-refractivity contribution in [3.05, 3.63) is 35.2 Å². The van der Waals surface area contributed by atoms with Gasteiger partial charge in [0, 0.05) is 10.7 Å². The maximum atomic E-state index is 5.90. The molecule has 1 aliphatic rings. The third-order valence-corrected chi connectivity index (χ3v) is 6.04. The van der Waals surface area contributed by atoms with Crippen molar-refractivity contribution in [2.45, 2.75) is 51.5 Å². The highest BCUT2D eigenvalue weighted by Gasteiger charge is 2.35. The number of rotatable bonds is 4. The van der Waals surface area contributed by atoms with Crippen LogP contribution < -0.4 is 11.3 Å². The molecule has 0 aliphatic heterocycles. The van der Waals surface area contributed by atoms with Crippen LogP contribution in [-0.4, -0.2) is 6.04 Å². The average molecular weight is 288 g/mol. The molecule has 1 heterocycles. The Morgan fingerprint density at radius 3 is 2.75 bits per heavy atom. The van der Waals surface area contributed by atoms with Crippen LogP contribution >= 0.6 is 11.3 Å². The van der Waals surface area contributed by atoms with Crippen LogP contribution in [0.25, 0.3) is 10.1 Å². The summed E-state index contributed by atoms with van der Waals surface area (Å²) in [6, 6.07) is 9.06. The van der Waals surface area contributed by atoms with Crippen LogP contribution in [0.1, 0.15) is 44.6 Å². The van der Waals surface area contributed by atoms with Crippen molar-refractivity contribution in [2.75, 3.05) is 0 Å². The average Bonchev–Trinajstić information content (AvgIpc) is 2.88. The summed E-state index contributed by atoms with van der Waals surface area (Å²) in [6.45, 7) is 2.41. The first-order valence-electron chi connectivity index (χ1n) is 7.64. The number of fused-ring (bicyclic) bond motifs is 1. The Bertz CT molecular complexity index is 569. The Labute approximate surface area is 125 Å². The van der Waals surface area contributed by atoms with Gasteiger partial charge in [-0.05, 0) is 47.1 Å². The molecule has 3 N–H and O–H groups in total. The molecule has 1 unspecified atom stereocenters. The number of hydrazine groups is 1. The zero-order valence-corrected chi connectivity index (χ0v) is 13.0. The third kappa shape index (κ3) is 2.62. The predicted molar refractivity (Wildman–Crippen MR) is 87.8 cm³/mol. The highest BCUT2D eigenvalue weighted by molar-refractivity contribution is 7.17. The van der Waals surface area contributed by atoms with Crippen LogP contribution in [-0.2, 0) is 6.42 Å². The van der Waals surface area contributed by atoms with Gasteiger partial charge in [0.1, 0.15) is 0 Å². The highest BCUT2D eigenvalue weighted by atomic mass is 32.1. The molecule has 2 aromatic rings. The second kappa shape index (κ2) is 5.84. The van der Waals surface area contributed by atoms with Crippen molar-refractivity contribution in [1.29, 1.82) is 0 Å². The number of hydrogen-bond acceptors (Lipinski definition) is 3. The van der Waals surface area contributed by atoms with E-state index in [9.17, 15) is 0 Å². The van der Waals surface area contributed by atoms with E-state index >= 15 is 0 Å². The predicted octanol–water partition coefficient (Wildman–Crippen LogP) is 4.25. The summed E-state index contributed by atoms with van der Waals surface area (Å²) in [5.41, 5.74) is 4.91. The van der Waals surface area contributed by atoms with E-state index in [1.807, 2.05) is 11.3 Å². The van der Waals surface area contributed by atoms with Gasteiger partial charge in [0.2, 0.25) is 0 Å². The Morgan fingerprint density at radius 1 is 1.25 bits per heavy atom. The normalized spacial score (nSPS) is 20.1. The lowest BCUT2D eigenvalue weighted by Gasteiger charge is -2.40. The minimum absolute atomic E-state index is 0.343. The largest absolute Gasteiger partial charge is 0.271 e. The third-order valence-electron chi connectivity index (χ3n) is 5.02. The van der Waals surface area contributed by atoms with Crippen LogP contribution in [0.4, 0.5) is 0 Å². The van der Waals surface area contributed by atoms with Crippen LogP contribution in [0.3, 0.4) is 0 Å². The smallest absolute Gasteiger partial charge is 0.0345 e. The Morgan fingerprint density at radius 2 is 2.00 bits per heavy atom. The van der Waals surface area contributed by atoms with Crippen LogP contribution in [0.2, 0.25) is 0 Å². The highest BCUT2D eigenvalue weighted by Crippen LogP contribution is 2.40. The van der Waals surface area contributed by atoms with E-state index in [4.69, 9.17) is 5.84 Å². The second-order valence-corrected chi connectivity index (χ2v) is 7.31. The van der Waals surface area contributed by atoms with Crippen molar-refractivity contribution in [2.24, 2.45) is 11.3 Å². The number of thiophene rings is 1. The van der Waals surface area contributed by atoms with E-state index in [1.165, 1.54) is 47.8 Å². The standard InChI is InChI=1S/C17H24N2S/c1-17(9-5-2-6-10-17)16(19-18)11-13-12-20-15-8-4-3-7-14(13)15/h3-4,7-8,12,16,19H,2,5-6,9-11,18H2,1H3. The first kappa shape index (κ1) is 14.1. The van der Waals surface area contributed by atoms with Crippen molar-refractivity contribution in [1.82, 2.24) is 5.43 Å². The van der Waals surface area contributed by atoms with Gasteiger partial charge in [0.05, 0.1) is 0 Å². The monoisotopic (exact) mass is 288 g/mol. The summed E-state index contributed by atoms with van der Waals surface area (Å²) < 4.78 is 1.38. The molecule has 0 radical (unpaired) electrons. The van der Waals surface area contributed by atoms with Gasteiger partial charge in [-0.15, -0.1) is 11.3 Å². The lowest BCUT2D eigenvalue weighted by molar-refractivity contribution is 0.144. The Balaban J connectivity index is 1.84. The summed E-state index contributed by atoms with van der Waals surface area (Å²) in [7, 11) is 0. The van der Waals surface area contributed by atoms with Gasteiger partial charge in [-0.1, -0.05) is 44.4 Å². The van der Waals surface area contributed by atoms with Crippen LogP contribution in [0, 0.1) is 5.41 Å². The number of benzene rings is 1. The molecule has 1 saturated carbocycles. The van der Waals surface area contributed by atoms with Crippen molar-refractivity contribution in [3.8, 4) is 0 Å². The molecule has 0 saturated heterocycles. The molecule has 3 rings (SSSR count). The van der Waals surface area contributed by atoms with E-state index in [0.29, 0.717) is 11.5 Å². The summed E-state index contributed by atoms with van der Waals surface area (Å²) in [4.78, 5) is 0. The van der Waals surface area contributed by atoms with Crippen molar-refractivity contribution < 1.29 is 0 Å². The number of hydrogen-bond donors (Lipinski definition) is 2. The summed E-state index contributed by atoms with van der Waals surface area (Å²) in [5.74, 6) is 5.90. The lowest BCUT2D eigenvalue weighted by Crippen LogP contribution is -2.49. The van der Waals surface area contributed by atoms with Crippen molar-refractivity contribution >= 4 is 21.4 Å². The summed E-state index contributed by atoms with van der Waals surface area (Å²) in [6.07, 6.45) is 7.71. The molecular formula is C17H24N2S. The first-order valence-corrected chi connectivity index (χ1v) is 8.52. The van der Waals surface area contributed by atoms with Crippen molar-refractivity contribution in [3.63, 3.8) is 0 Å². The maximum absolute atomic E-state index is 5.90. The second-order valence-electron chi connectivity index (χ2n) is 6.40. The summed E-state index contributed by atoms with van der Waals surface area (Å²) in [5, 5.41) is 3.71. The number of nitrogens with two attached hydrogens (primary N) is 1. The molecular weight excluding hydrogens is 264 g/mol. The lowest BCUT2D eigenvalue weighted by atomic mass is 9.69. The molecule has 3 heteroatoms. The molecule has 20 heavy (non-hydrogen) atoms. The van der Waals surface area contributed by atoms with E-state index in [1.54, 1.807) is 0 Å². The molecule has 1 atom stereocenters. The quantitative estimate of drug-likeness (QED) is 0.652. The Kier molecular flexibility index (Phi) is 4.11. The van der Waals surface area contributed by atoms with Gasteiger partial charge in [0.25, 0.3) is 0 Å². The maximum Gasteiger partial charge on any atom is 0.0345 e. The Hall–Kier alpha value is -0.900. The molecule has 0 bridgehead atoms. The molecule has 1 aromatic carbocycles. The topological polar surface area (TPSA) is 38.0 Å². The van der Waals surface area contributed by atoms with Gasteiger partial charge < -0.3 is 0 Å². The molecule has 1 fully saturated rings. The van der Waals surface area contributed by atoms with Gasteiger partial charge in [0.15, 0.2) is 0 Å². The van der Waals surface area contributed by atoms with Gasteiger partial charge >= 0.3 is 0 Å². The molecule has 1 aliphatic carbocycles. The SMILES string of the molecule is CC1(C(Cc2csc3ccccc23)NN)CCCCC1. The van der Waals surface area contributed by atoms with Crippen LogP contribution in [0.15, 0.2) is 29.6 Å². The fourth-order valence-corrected chi connectivity index (χ4v) is 4.60. The first-order chi connectivity index (χ1) is 9.73. The zero-order chi connectivity index (χ0) is 14.0. The fourth-order valence-electron chi connectivity index (χ4n) is 3.63. The summed E-state index contributed by atoms with van der Waals surface area (Å²) >= 11 is 1.84. The molecule has 108 valence electrons. The molecule has 0 spiro atoms. The minimum Gasteiger partial charge on any atom is -0.271 e. The van der Waals surface area contributed by atoms with Crippen LogP contribution in [0.5, 0.6) is 0 Å².